The maximum Gasteiger partial charge on any atom is 0.303 e. The molecule has 1 aromatic heterocycles. The van der Waals surface area contributed by atoms with E-state index in [0.717, 1.165) is 11.4 Å². The van der Waals surface area contributed by atoms with E-state index in [9.17, 15) is 9.59 Å². The Morgan fingerprint density at radius 1 is 1.19 bits per heavy atom. The lowest BCUT2D eigenvalue weighted by Crippen LogP contribution is -2.20. The number of hydrogen-bond acceptors (Lipinski definition) is 5. The van der Waals surface area contributed by atoms with Gasteiger partial charge in [0.15, 0.2) is 12.4 Å². The van der Waals surface area contributed by atoms with Crippen molar-refractivity contribution in [2.75, 3.05) is 18.5 Å². The minimum absolute atomic E-state index is 0.0734. The number of ether oxygens (including phenoxy) is 2. The number of aliphatic carboxylic acids is 1. The lowest BCUT2D eigenvalue weighted by molar-refractivity contribution is -0.137. The van der Waals surface area contributed by atoms with Crippen LogP contribution in [-0.4, -0.2) is 40.0 Å². The van der Waals surface area contributed by atoms with Gasteiger partial charge in [-0.3, -0.25) is 14.3 Å². The Labute approximate surface area is 151 Å². The second-order valence-electron chi connectivity index (χ2n) is 5.83. The highest BCUT2D eigenvalue weighted by atomic mass is 16.5. The zero-order valence-electron chi connectivity index (χ0n) is 15.1. The van der Waals surface area contributed by atoms with Gasteiger partial charge in [0.2, 0.25) is 0 Å². The van der Waals surface area contributed by atoms with Crippen molar-refractivity contribution in [1.29, 1.82) is 0 Å². The molecule has 0 atom stereocenters. The van der Waals surface area contributed by atoms with Gasteiger partial charge in [-0.25, -0.2) is 0 Å². The summed E-state index contributed by atoms with van der Waals surface area (Å²) < 4.78 is 12.7. The first-order valence-corrected chi connectivity index (χ1v) is 8.24. The van der Waals surface area contributed by atoms with Gasteiger partial charge in [0.1, 0.15) is 11.4 Å². The molecule has 1 aromatic carbocycles. The number of carbonyl (C=O) groups excluding carboxylic acids is 1. The standard InChI is InChI=1S/C18H23N3O5/c1-12-18(13(2)21(3)20-12)26-11-16(22)19-14-6-8-15(9-7-14)25-10-4-5-17(23)24/h6-9H,4-5,10-11H2,1-3H3,(H,19,22)(H,23,24). The van der Waals surface area contributed by atoms with Crippen LogP contribution < -0.4 is 14.8 Å². The number of rotatable bonds is 9. The second-order valence-corrected chi connectivity index (χ2v) is 5.83. The van der Waals surface area contributed by atoms with Crippen molar-refractivity contribution in [3.63, 3.8) is 0 Å². The maximum absolute atomic E-state index is 12.0. The van der Waals surface area contributed by atoms with Crippen LogP contribution in [0.5, 0.6) is 11.5 Å². The van der Waals surface area contributed by atoms with E-state index in [0.29, 0.717) is 30.2 Å². The van der Waals surface area contributed by atoms with Gasteiger partial charge in [-0.15, -0.1) is 0 Å². The van der Waals surface area contributed by atoms with Crippen molar-refractivity contribution in [2.24, 2.45) is 7.05 Å². The summed E-state index contributed by atoms with van der Waals surface area (Å²) >= 11 is 0. The van der Waals surface area contributed by atoms with E-state index in [-0.39, 0.29) is 18.9 Å². The number of aryl methyl sites for hydroxylation is 2. The molecule has 26 heavy (non-hydrogen) atoms. The average molecular weight is 361 g/mol. The Morgan fingerprint density at radius 3 is 2.46 bits per heavy atom. The van der Waals surface area contributed by atoms with E-state index in [1.54, 1.807) is 28.9 Å². The van der Waals surface area contributed by atoms with Crippen LogP contribution in [0.4, 0.5) is 5.69 Å². The molecule has 2 rings (SSSR count). The van der Waals surface area contributed by atoms with Gasteiger partial charge >= 0.3 is 5.97 Å². The lowest BCUT2D eigenvalue weighted by Gasteiger charge is -2.09. The Bertz CT molecular complexity index is 768. The number of nitrogens with zero attached hydrogens (tertiary/aromatic N) is 2. The molecule has 0 radical (unpaired) electrons. The molecule has 0 spiro atoms. The summed E-state index contributed by atoms with van der Waals surface area (Å²) in [5.74, 6) is 0.118. The van der Waals surface area contributed by atoms with Crippen molar-refractivity contribution in [3.8, 4) is 11.5 Å². The van der Waals surface area contributed by atoms with Crippen LogP contribution in [0.3, 0.4) is 0 Å². The summed E-state index contributed by atoms with van der Waals surface area (Å²) in [5, 5.41) is 15.5. The van der Waals surface area contributed by atoms with Gasteiger partial charge in [-0.05, 0) is 44.5 Å². The van der Waals surface area contributed by atoms with Crippen molar-refractivity contribution in [1.82, 2.24) is 9.78 Å². The number of aromatic nitrogens is 2. The largest absolute Gasteiger partial charge is 0.494 e. The fraction of sp³-hybridized carbons (Fsp3) is 0.389. The Kier molecular flexibility index (Phi) is 6.60. The smallest absolute Gasteiger partial charge is 0.303 e. The van der Waals surface area contributed by atoms with E-state index in [1.165, 1.54) is 0 Å². The molecular weight excluding hydrogens is 338 g/mol. The minimum atomic E-state index is -0.842. The molecule has 0 saturated heterocycles. The zero-order valence-corrected chi connectivity index (χ0v) is 15.1. The lowest BCUT2D eigenvalue weighted by atomic mass is 10.3. The molecule has 8 nitrogen and oxygen atoms in total. The first-order valence-electron chi connectivity index (χ1n) is 8.24. The summed E-state index contributed by atoms with van der Waals surface area (Å²) in [5.41, 5.74) is 2.22. The highest BCUT2D eigenvalue weighted by Crippen LogP contribution is 2.21. The predicted molar refractivity (Wildman–Crippen MR) is 95.6 cm³/mol. The fourth-order valence-electron chi connectivity index (χ4n) is 2.35. The Balaban J connectivity index is 1.79. The first kappa shape index (κ1) is 19.3. The molecule has 0 fully saturated rings. The van der Waals surface area contributed by atoms with Crippen LogP contribution in [0.2, 0.25) is 0 Å². The summed E-state index contributed by atoms with van der Waals surface area (Å²) in [6.07, 6.45) is 0.516. The number of hydrogen-bond donors (Lipinski definition) is 2. The number of carboxylic acid groups (broad SMARTS) is 1. The monoisotopic (exact) mass is 361 g/mol. The second kappa shape index (κ2) is 8.89. The van der Waals surface area contributed by atoms with Gasteiger partial charge in [-0.1, -0.05) is 0 Å². The molecule has 2 aromatic rings. The molecule has 1 heterocycles. The summed E-state index contributed by atoms with van der Waals surface area (Å²) in [6, 6.07) is 6.86. The Hall–Kier alpha value is -3.03. The molecule has 0 bridgehead atoms. The molecule has 0 saturated carbocycles. The van der Waals surface area contributed by atoms with Gasteiger partial charge in [0, 0.05) is 19.2 Å². The molecule has 8 heteroatoms. The van der Waals surface area contributed by atoms with Crippen molar-refractivity contribution >= 4 is 17.6 Å². The van der Waals surface area contributed by atoms with Crippen LogP contribution in [0.25, 0.3) is 0 Å². The highest BCUT2D eigenvalue weighted by Gasteiger charge is 2.12. The minimum Gasteiger partial charge on any atom is -0.494 e. The predicted octanol–water partition coefficient (Wildman–Crippen LogP) is 2.30. The number of carboxylic acids is 1. The van der Waals surface area contributed by atoms with Crippen LogP contribution >= 0.6 is 0 Å². The van der Waals surface area contributed by atoms with Gasteiger partial charge in [-0.2, -0.15) is 5.10 Å². The van der Waals surface area contributed by atoms with Crippen LogP contribution in [0.1, 0.15) is 24.2 Å². The van der Waals surface area contributed by atoms with Crippen molar-refractivity contribution in [2.45, 2.75) is 26.7 Å². The summed E-state index contributed by atoms with van der Waals surface area (Å²) in [6.45, 7) is 3.92. The third-order valence-corrected chi connectivity index (χ3v) is 3.73. The van der Waals surface area contributed by atoms with E-state index in [4.69, 9.17) is 14.6 Å². The van der Waals surface area contributed by atoms with Crippen LogP contribution in [0.15, 0.2) is 24.3 Å². The SMILES string of the molecule is Cc1nn(C)c(C)c1OCC(=O)Nc1ccc(OCCCC(=O)O)cc1. The van der Waals surface area contributed by atoms with E-state index in [1.807, 2.05) is 20.9 Å². The fourth-order valence-corrected chi connectivity index (χ4v) is 2.35. The van der Waals surface area contributed by atoms with E-state index >= 15 is 0 Å². The van der Waals surface area contributed by atoms with E-state index < -0.39 is 5.97 Å². The average Bonchev–Trinajstić information content (AvgIpc) is 2.83. The zero-order chi connectivity index (χ0) is 19.1. The molecule has 0 aliphatic heterocycles. The highest BCUT2D eigenvalue weighted by molar-refractivity contribution is 5.91. The third kappa shape index (κ3) is 5.51. The number of anilines is 1. The number of benzene rings is 1. The Morgan fingerprint density at radius 2 is 1.88 bits per heavy atom. The number of nitrogens with one attached hydrogen (secondary N) is 1. The van der Waals surface area contributed by atoms with Gasteiger partial charge in [0.05, 0.1) is 12.3 Å². The molecule has 1 amide bonds. The molecule has 140 valence electrons. The van der Waals surface area contributed by atoms with Gasteiger partial charge in [0.25, 0.3) is 5.91 Å². The normalized spacial score (nSPS) is 10.4. The molecule has 0 aliphatic carbocycles. The molecule has 2 N–H and O–H groups in total. The van der Waals surface area contributed by atoms with Crippen molar-refractivity contribution < 1.29 is 24.2 Å². The molecular formula is C18H23N3O5. The summed E-state index contributed by atoms with van der Waals surface area (Å²) in [7, 11) is 1.82. The topological polar surface area (TPSA) is 103 Å². The van der Waals surface area contributed by atoms with E-state index in [2.05, 4.69) is 10.4 Å². The third-order valence-electron chi connectivity index (χ3n) is 3.73. The van der Waals surface area contributed by atoms with Crippen LogP contribution in [0, 0.1) is 13.8 Å². The number of amides is 1. The molecule has 0 aliphatic rings. The summed E-state index contributed by atoms with van der Waals surface area (Å²) in [4.78, 5) is 22.5. The maximum atomic E-state index is 12.0. The van der Waals surface area contributed by atoms with Gasteiger partial charge < -0.3 is 19.9 Å². The molecule has 0 unspecified atom stereocenters. The van der Waals surface area contributed by atoms with Crippen molar-refractivity contribution in [3.05, 3.63) is 35.7 Å². The first-order chi connectivity index (χ1) is 12.4. The number of carbonyl (C=O) groups is 2. The quantitative estimate of drug-likeness (QED) is 0.665. The van der Waals surface area contributed by atoms with Crippen LogP contribution in [-0.2, 0) is 16.6 Å².